The van der Waals surface area contributed by atoms with Gasteiger partial charge in [0.05, 0.1) is 17.9 Å². The first-order chi connectivity index (χ1) is 16.9. The summed E-state index contributed by atoms with van der Waals surface area (Å²) in [4.78, 5) is 41.0. The number of carbonyl (C=O) groups is 3. The molecule has 0 saturated carbocycles. The Morgan fingerprint density at radius 1 is 0.914 bits per heavy atom. The van der Waals surface area contributed by atoms with E-state index >= 15 is 0 Å². The standard InChI is InChI=1S/C28H36N2O5/c1-21(20-34-23(3)32)27(30-35-19-11-14-24-12-5-4-6-13-24)17-9-10-18-29-28(33)26-16-8-7-15-25(26)22(2)31/h4-8,12-13,15-16,21H,9-11,14,17-20H2,1-3H3,(H,29,33)/b30-27+. The second kappa shape index (κ2) is 15.4. The van der Waals surface area contributed by atoms with Crippen molar-refractivity contribution in [1.82, 2.24) is 5.32 Å². The molecule has 1 amide bonds. The molecule has 0 heterocycles. The zero-order valence-corrected chi connectivity index (χ0v) is 20.9. The number of hydrogen-bond donors (Lipinski definition) is 1. The fraction of sp³-hybridized carbons (Fsp3) is 0.429. The first-order valence-corrected chi connectivity index (χ1v) is 12.1. The SMILES string of the molecule is CC(=O)OCC(C)/C(CCCCNC(=O)c1ccccc1C(C)=O)=N/OCCCc1ccccc1. The van der Waals surface area contributed by atoms with Gasteiger partial charge in [-0.15, -0.1) is 0 Å². The highest BCUT2D eigenvalue weighted by atomic mass is 16.6. The van der Waals surface area contributed by atoms with Crippen LogP contribution in [0.1, 0.15) is 72.7 Å². The summed E-state index contributed by atoms with van der Waals surface area (Å²) in [5.41, 5.74) is 2.90. The van der Waals surface area contributed by atoms with Gasteiger partial charge in [0.25, 0.3) is 5.91 Å². The third-order valence-electron chi connectivity index (χ3n) is 5.53. The maximum absolute atomic E-state index is 12.5. The lowest BCUT2D eigenvalue weighted by atomic mass is 10.0. The molecule has 0 bridgehead atoms. The number of ketones is 1. The van der Waals surface area contributed by atoms with Crippen molar-refractivity contribution < 1.29 is 24.0 Å². The van der Waals surface area contributed by atoms with Gasteiger partial charge in [-0.25, -0.2) is 0 Å². The Bertz CT molecular complexity index is 988. The fourth-order valence-electron chi connectivity index (χ4n) is 3.55. The Morgan fingerprint density at radius 2 is 1.60 bits per heavy atom. The fourth-order valence-corrected chi connectivity index (χ4v) is 3.55. The number of unbranched alkanes of at least 4 members (excludes halogenated alkanes) is 1. The number of nitrogens with zero attached hydrogens (tertiary/aromatic N) is 1. The van der Waals surface area contributed by atoms with Crippen molar-refractivity contribution in [2.75, 3.05) is 19.8 Å². The number of ether oxygens (including phenoxy) is 1. The number of amides is 1. The lowest BCUT2D eigenvalue weighted by Gasteiger charge is -2.15. The molecule has 0 aliphatic rings. The number of aryl methyl sites for hydroxylation is 1. The summed E-state index contributed by atoms with van der Waals surface area (Å²) in [5.74, 6) is -0.782. The minimum atomic E-state index is -0.325. The molecule has 2 rings (SSSR count). The second-order valence-electron chi connectivity index (χ2n) is 8.52. The predicted molar refractivity (Wildman–Crippen MR) is 137 cm³/mol. The lowest BCUT2D eigenvalue weighted by Crippen LogP contribution is -2.26. The molecule has 2 aromatic rings. The molecule has 1 N–H and O–H groups in total. The van der Waals surface area contributed by atoms with E-state index in [0.717, 1.165) is 31.4 Å². The molecule has 0 aliphatic heterocycles. The van der Waals surface area contributed by atoms with E-state index in [1.807, 2.05) is 25.1 Å². The summed E-state index contributed by atoms with van der Waals surface area (Å²) in [7, 11) is 0. The minimum absolute atomic E-state index is 0.0648. The summed E-state index contributed by atoms with van der Waals surface area (Å²) in [6, 6.07) is 17.0. The average Bonchev–Trinajstić information content (AvgIpc) is 2.86. The van der Waals surface area contributed by atoms with Crippen LogP contribution in [0.15, 0.2) is 59.8 Å². The summed E-state index contributed by atoms with van der Waals surface area (Å²) >= 11 is 0. The van der Waals surface area contributed by atoms with Crippen LogP contribution in [-0.4, -0.2) is 43.1 Å². The Balaban J connectivity index is 1.80. The van der Waals surface area contributed by atoms with Crippen molar-refractivity contribution in [2.24, 2.45) is 11.1 Å². The van der Waals surface area contributed by atoms with Gasteiger partial charge < -0.3 is 14.9 Å². The van der Waals surface area contributed by atoms with Crippen LogP contribution < -0.4 is 5.32 Å². The van der Waals surface area contributed by atoms with Crippen molar-refractivity contribution in [3.8, 4) is 0 Å². The molecule has 0 spiro atoms. The van der Waals surface area contributed by atoms with Crippen LogP contribution in [0.25, 0.3) is 0 Å². The molecular formula is C28H36N2O5. The topological polar surface area (TPSA) is 94.1 Å². The van der Waals surface area contributed by atoms with Gasteiger partial charge in [0, 0.05) is 24.9 Å². The van der Waals surface area contributed by atoms with Gasteiger partial charge >= 0.3 is 5.97 Å². The molecule has 1 atom stereocenters. The smallest absolute Gasteiger partial charge is 0.302 e. The van der Waals surface area contributed by atoms with Crippen LogP contribution in [0.2, 0.25) is 0 Å². The quantitative estimate of drug-likeness (QED) is 0.127. The number of benzene rings is 2. The first kappa shape index (κ1) is 27.8. The van der Waals surface area contributed by atoms with E-state index < -0.39 is 0 Å². The number of carbonyl (C=O) groups excluding carboxylic acids is 3. The van der Waals surface area contributed by atoms with E-state index in [1.54, 1.807) is 24.3 Å². The Labute approximate surface area is 207 Å². The number of hydrogen-bond acceptors (Lipinski definition) is 6. The molecule has 0 saturated heterocycles. The highest BCUT2D eigenvalue weighted by Crippen LogP contribution is 2.12. The summed E-state index contributed by atoms with van der Waals surface area (Å²) in [6.07, 6.45) is 3.96. The van der Waals surface area contributed by atoms with Crippen LogP contribution >= 0.6 is 0 Å². The molecule has 0 radical (unpaired) electrons. The van der Waals surface area contributed by atoms with Crippen molar-refractivity contribution in [3.63, 3.8) is 0 Å². The largest absolute Gasteiger partial charge is 0.465 e. The number of oxime groups is 1. The summed E-state index contributed by atoms with van der Waals surface area (Å²) in [5, 5.41) is 7.23. The van der Waals surface area contributed by atoms with Crippen molar-refractivity contribution in [2.45, 2.75) is 52.9 Å². The number of rotatable bonds is 15. The van der Waals surface area contributed by atoms with E-state index in [-0.39, 0.29) is 30.2 Å². The zero-order valence-electron chi connectivity index (χ0n) is 20.9. The first-order valence-electron chi connectivity index (χ1n) is 12.1. The van der Waals surface area contributed by atoms with Gasteiger partial charge in [0.1, 0.15) is 6.61 Å². The van der Waals surface area contributed by atoms with Gasteiger partial charge in [-0.1, -0.05) is 60.6 Å². The zero-order chi connectivity index (χ0) is 25.5. The minimum Gasteiger partial charge on any atom is -0.465 e. The van der Waals surface area contributed by atoms with Crippen molar-refractivity contribution >= 4 is 23.4 Å². The van der Waals surface area contributed by atoms with E-state index in [1.165, 1.54) is 19.4 Å². The Hall–Kier alpha value is -3.48. The average molecular weight is 481 g/mol. The summed E-state index contributed by atoms with van der Waals surface area (Å²) < 4.78 is 5.15. The van der Waals surface area contributed by atoms with Crippen molar-refractivity contribution in [3.05, 3.63) is 71.3 Å². The van der Waals surface area contributed by atoms with Gasteiger partial charge in [-0.2, -0.15) is 0 Å². The van der Waals surface area contributed by atoms with E-state index in [0.29, 0.717) is 30.7 Å². The highest BCUT2D eigenvalue weighted by Gasteiger charge is 2.15. The Morgan fingerprint density at radius 3 is 2.29 bits per heavy atom. The molecule has 0 fully saturated rings. The molecule has 7 heteroatoms. The lowest BCUT2D eigenvalue weighted by molar-refractivity contribution is -0.141. The molecule has 1 unspecified atom stereocenters. The van der Waals surface area contributed by atoms with Gasteiger partial charge in [-0.05, 0) is 50.7 Å². The van der Waals surface area contributed by atoms with Crippen LogP contribution in [0, 0.1) is 5.92 Å². The third-order valence-corrected chi connectivity index (χ3v) is 5.53. The van der Waals surface area contributed by atoms with Gasteiger partial charge in [0.15, 0.2) is 5.78 Å². The summed E-state index contributed by atoms with van der Waals surface area (Å²) in [6.45, 7) is 6.03. The van der Waals surface area contributed by atoms with E-state index in [9.17, 15) is 14.4 Å². The maximum Gasteiger partial charge on any atom is 0.302 e. The Kier molecular flexibility index (Phi) is 12.2. The predicted octanol–water partition coefficient (Wildman–Crippen LogP) is 4.99. The third kappa shape index (κ3) is 10.5. The second-order valence-corrected chi connectivity index (χ2v) is 8.52. The van der Waals surface area contributed by atoms with E-state index in [4.69, 9.17) is 9.57 Å². The van der Waals surface area contributed by atoms with Gasteiger partial charge in [0.2, 0.25) is 0 Å². The van der Waals surface area contributed by atoms with Crippen molar-refractivity contribution in [1.29, 1.82) is 0 Å². The molecule has 0 aromatic heterocycles. The van der Waals surface area contributed by atoms with Crippen LogP contribution in [0.4, 0.5) is 0 Å². The molecule has 7 nitrogen and oxygen atoms in total. The molecule has 0 aliphatic carbocycles. The molecular weight excluding hydrogens is 444 g/mol. The van der Waals surface area contributed by atoms with Crippen LogP contribution in [-0.2, 0) is 20.8 Å². The number of nitrogens with one attached hydrogen (secondary N) is 1. The monoisotopic (exact) mass is 480 g/mol. The molecule has 35 heavy (non-hydrogen) atoms. The van der Waals surface area contributed by atoms with Crippen LogP contribution in [0.3, 0.4) is 0 Å². The number of Topliss-reactive ketones (excluding diaryl/α,β-unsaturated/α-hetero) is 1. The number of esters is 1. The highest BCUT2D eigenvalue weighted by molar-refractivity contribution is 6.07. The molecule has 188 valence electrons. The van der Waals surface area contributed by atoms with Crippen LogP contribution in [0.5, 0.6) is 0 Å². The normalized spacial score (nSPS) is 12.0. The maximum atomic E-state index is 12.5. The van der Waals surface area contributed by atoms with Gasteiger partial charge in [-0.3, -0.25) is 14.4 Å². The molecule has 2 aromatic carbocycles. The van der Waals surface area contributed by atoms with E-state index in [2.05, 4.69) is 22.6 Å².